The number of anilines is 1. The molecule has 1 fully saturated rings. The van der Waals surface area contributed by atoms with Crippen molar-refractivity contribution in [3.05, 3.63) is 71.3 Å². The molecule has 3 aromatic rings. The van der Waals surface area contributed by atoms with Crippen LogP contribution >= 0.6 is 0 Å². The predicted molar refractivity (Wildman–Crippen MR) is 112 cm³/mol. The first-order valence-electron chi connectivity index (χ1n) is 10.2. The van der Waals surface area contributed by atoms with Crippen LogP contribution in [0.2, 0.25) is 0 Å². The maximum atomic E-state index is 14.1. The minimum atomic E-state index is -0.787. The summed E-state index contributed by atoms with van der Waals surface area (Å²) < 4.78 is 28.5. The molecule has 1 amide bonds. The lowest BCUT2D eigenvalue weighted by Gasteiger charge is -2.32. The molecule has 0 atom stereocenters. The molecular weight excluding hydrogens is 416 g/mol. The first kappa shape index (κ1) is 21.6. The van der Waals surface area contributed by atoms with Gasteiger partial charge in [-0.05, 0) is 56.9 Å². The first-order valence-corrected chi connectivity index (χ1v) is 10.2. The average Bonchev–Trinajstić information content (AvgIpc) is 3.16. The SMILES string of the molecule is Cc1c(C(=O)Nc2ccc(C3(C#N)CCC(O)CC3)nc2)cnn1-c1ccc(F)cc1F. The van der Waals surface area contributed by atoms with Gasteiger partial charge in [0, 0.05) is 6.07 Å². The maximum absolute atomic E-state index is 14.1. The topological polar surface area (TPSA) is 104 Å². The van der Waals surface area contributed by atoms with Crippen LogP contribution in [0.15, 0.2) is 42.7 Å². The van der Waals surface area contributed by atoms with E-state index >= 15 is 0 Å². The highest BCUT2D eigenvalue weighted by molar-refractivity contribution is 6.04. The van der Waals surface area contributed by atoms with E-state index in [2.05, 4.69) is 21.5 Å². The van der Waals surface area contributed by atoms with E-state index in [1.807, 2.05) is 0 Å². The van der Waals surface area contributed by atoms with E-state index in [9.17, 15) is 23.9 Å². The Kier molecular flexibility index (Phi) is 5.72. The lowest BCUT2D eigenvalue weighted by atomic mass is 9.72. The third-order valence-electron chi connectivity index (χ3n) is 5.93. The molecule has 2 aromatic heterocycles. The molecule has 9 heteroatoms. The Morgan fingerprint density at radius 1 is 1.25 bits per heavy atom. The summed E-state index contributed by atoms with van der Waals surface area (Å²) in [6.45, 7) is 1.61. The molecule has 164 valence electrons. The molecule has 0 spiro atoms. The number of aliphatic hydroxyl groups is 1. The minimum Gasteiger partial charge on any atom is -0.393 e. The quantitative estimate of drug-likeness (QED) is 0.646. The second-order valence-electron chi connectivity index (χ2n) is 7.96. The molecule has 1 aliphatic rings. The number of hydrogen-bond acceptors (Lipinski definition) is 5. The van der Waals surface area contributed by atoms with Gasteiger partial charge in [0.15, 0.2) is 5.82 Å². The van der Waals surface area contributed by atoms with Crippen molar-refractivity contribution in [2.75, 3.05) is 5.32 Å². The monoisotopic (exact) mass is 437 g/mol. The van der Waals surface area contributed by atoms with Crippen molar-refractivity contribution in [1.29, 1.82) is 5.26 Å². The van der Waals surface area contributed by atoms with Gasteiger partial charge >= 0.3 is 0 Å². The highest BCUT2D eigenvalue weighted by Crippen LogP contribution is 2.38. The van der Waals surface area contributed by atoms with Gasteiger partial charge in [-0.2, -0.15) is 10.4 Å². The van der Waals surface area contributed by atoms with Gasteiger partial charge in [0.25, 0.3) is 5.91 Å². The summed E-state index contributed by atoms with van der Waals surface area (Å²) in [6.07, 6.45) is 4.56. The molecule has 0 bridgehead atoms. The number of aliphatic hydroxyl groups excluding tert-OH is 1. The molecule has 4 rings (SSSR count). The Morgan fingerprint density at radius 3 is 2.62 bits per heavy atom. The fourth-order valence-electron chi connectivity index (χ4n) is 4.00. The molecule has 2 heterocycles. The second-order valence-corrected chi connectivity index (χ2v) is 7.96. The van der Waals surface area contributed by atoms with E-state index in [1.165, 1.54) is 23.1 Å². The molecule has 1 aromatic carbocycles. The maximum Gasteiger partial charge on any atom is 0.259 e. The van der Waals surface area contributed by atoms with Crippen LogP contribution in [0.1, 0.15) is 47.4 Å². The molecule has 2 N–H and O–H groups in total. The van der Waals surface area contributed by atoms with Crippen LogP contribution in [0, 0.1) is 29.9 Å². The Balaban J connectivity index is 1.51. The fourth-order valence-corrected chi connectivity index (χ4v) is 4.00. The smallest absolute Gasteiger partial charge is 0.259 e. The van der Waals surface area contributed by atoms with Crippen molar-refractivity contribution < 1.29 is 18.7 Å². The van der Waals surface area contributed by atoms with Gasteiger partial charge in [0.1, 0.15) is 11.5 Å². The first-order chi connectivity index (χ1) is 15.3. The lowest BCUT2D eigenvalue weighted by Crippen LogP contribution is -2.33. The summed E-state index contributed by atoms with van der Waals surface area (Å²) in [7, 11) is 0. The number of carbonyl (C=O) groups is 1. The number of aromatic nitrogens is 3. The molecule has 0 saturated heterocycles. The zero-order valence-corrected chi connectivity index (χ0v) is 17.3. The van der Waals surface area contributed by atoms with Gasteiger partial charge in [-0.15, -0.1) is 0 Å². The van der Waals surface area contributed by atoms with Crippen LogP contribution in [-0.4, -0.2) is 31.9 Å². The molecule has 0 aliphatic heterocycles. The van der Waals surface area contributed by atoms with E-state index in [0.717, 1.165) is 12.1 Å². The second kappa shape index (κ2) is 8.48. The van der Waals surface area contributed by atoms with Crippen LogP contribution in [0.4, 0.5) is 14.5 Å². The van der Waals surface area contributed by atoms with Crippen molar-refractivity contribution in [2.45, 2.75) is 44.1 Å². The van der Waals surface area contributed by atoms with E-state index in [0.29, 0.717) is 42.8 Å². The molecule has 1 aliphatic carbocycles. The van der Waals surface area contributed by atoms with Crippen LogP contribution in [0.25, 0.3) is 5.69 Å². The average molecular weight is 437 g/mol. The highest BCUT2D eigenvalue weighted by atomic mass is 19.1. The summed E-state index contributed by atoms with van der Waals surface area (Å²) in [4.78, 5) is 17.1. The van der Waals surface area contributed by atoms with E-state index in [4.69, 9.17) is 0 Å². The number of nitrogens with one attached hydrogen (secondary N) is 1. The molecular formula is C23H21F2N5O2. The molecule has 0 unspecified atom stereocenters. The van der Waals surface area contributed by atoms with Gasteiger partial charge in [0.2, 0.25) is 0 Å². The van der Waals surface area contributed by atoms with E-state index in [1.54, 1.807) is 19.1 Å². The summed E-state index contributed by atoms with van der Waals surface area (Å²) in [5.41, 5.74) is 0.963. The largest absolute Gasteiger partial charge is 0.393 e. The van der Waals surface area contributed by atoms with Crippen LogP contribution < -0.4 is 5.32 Å². The number of rotatable bonds is 4. The normalized spacial score (nSPS) is 20.5. The summed E-state index contributed by atoms with van der Waals surface area (Å²) in [6, 6.07) is 8.85. The van der Waals surface area contributed by atoms with Crippen molar-refractivity contribution in [2.24, 2.45) is 0 Å². The van der Waals surface area contributed by atoms with Crippen LogP contribution in [0.5, 0.6) is 0 Å². The van der Waals surface area contributed by atoms with Crippen LogP contribution in [0.3, 0.4) is 0 Å². The van der Waals surface area contributed by atoms with Gasteiger partial charge in [-0.1, -0.05) is 0 Å². The number of amides is 1. The van der Waals surface area contributed by atoms with Crippen molar-refractivity contribution in [3.8, 4) is 11.8 Å². The van der Waals surface area contributed by atoms with Gasteiger partial charge in [-0.25, -0.2) is 13.5 Å². The number of pyridine rings is 1. The number of benzene rings is 1. The Bertz CT molecular complexity index is 1190. The molecule has 32 heavy (non-hydrogen) atoms. The Labute approximate surface area is 183 Å². The number of nitrogens with zero attached hydrogens (tertiary/aromatic N) is 4. The number of nitriles is 1. The third-order valence-corrected chi connectivity index (χ3v) is 5.93. The summed E-state index contributed by atoms with van der Waals surface area (Å²) in [5, 5.41) is 26.2. The third kappa shape index (κ3) is 3.97. The zero-order valence-electron chi connectivity index (χ0n) is 17.3. The fraction of sp³-hybridized carbons (Fsp3) is 0.304. The van der Waals surface area contributed by atoms with Crippen LogP contribution in [-0.2, 0) is 5.41 Å². The van der Waals surface area contributed by atoms with E-state index in [-0.39, 0.29) is 17.4 Å². The Morgan fingerprint density at radius 2 is 2.00 bits per heavy atom. The van der Waals surface area contributed by atoms with Gasteiger partial charge in [0.05, 0.1) is 52.6 Å². The minimum absolute atomic E-state index is 0.0355. The van der Waals surface area contributed by atoms with Crippen molar-refractivity contribution in [1.82, 2.24) is 14.8 Å². The summed E-state index contributed by atoms with van der Waals surface area (Å²) >= 11 is 0. The van der Waals surface area contributed by atoms with Crippen molar-refractivity contribution >= 4 is 11.6 Å². The standard InChI is InChI=1S/C23H21F2N5O2/c1-14-18(12-28-30(14)20-4-2-15(24)10-19(20)25)22(32)29-16-3-5-21(27-11-16)23(13-26)8-6-17(31)7-9-23/h2-5,10-12,17,31H,6-9H2,1H3,(H,29,32). The molecule has 1 saturated carbocycles. The lowest BCUT2D eigenvalue weighted by molar-refractivity contribution is 0.102. The summed E-state index contributed by atoms with van der Waals surface area (Å²) in [5.74, 6) is -1.95. The Hall–Kier alpha value is -3.64. The number of carbonyl (C=O) groups excluding carboxylic acids is 1. The molecule has 0 radical (unpaired) electrons. The number of hydrogen-bond donors (Lipinski definition) is 2. The highest BCUT2D eigenvalue weighted by Gasteiger charge is 2.38. The van der Waals surface area contributed by atoms with Gasteiger partial charge in [-0.3, -0.25) is 9.78 Å². The van der Waals surface area contributed by atoms with E-state index < -0.39 is 23.0 Å². The number of halogens is 2. The van der Waals surface area contributed by atoms with Crippen molar-refractivity contribution in [3.63, 3.8) is 0 Å². The molecule has 7 nitrogen and oxygen atoms in total. The predicted octanol–water partition coefficient (Wildman–Crippen LogP) is 3.80. The van der Waals surface area contributed by atoms with Gasteiger partial charge < -0.3 is 10.4 Å². The zero-order chi connectivity index (χ0) is 22.9.